The largest absolute Gasteiger partial charge is 0.493 e. The van der Waals surface area contributed by atoms with E-state index in [-0.39, 0.29) is 34.9 Å². The van der Waals surface area contributed by atoms with Crippen molar-refractivity contribution in [3.05, 3.63) is 67.8 Å². The van der Waals surface area contributed by atoms with Crippen molar-refractivity contribution in [2.24, 2.45) is 5.10 Å². The summed E-state index contributed by atoms with van der Waals surface area (Å²) in [4.78, 5) is 32.8. The second-order valence-electron chi connectivity index (χ2n) is 5.41. The van der Waals surface area contributed by atoms with E-state index >= 15 is 0 Å². The first kappa shape index (κ1) is 20.3. The zero-order valence-electron chi connectivity index (χ0n) is 14.9. The Morgan fingerprint density at radius 2 is 1.68 bits per heavy atom. The van der Waals surface area contributed by atoms with Crippen LogP contribution in [0.2, 0.25) is 0 Å². The molecule has 2 aromatic carbocycles. The van der Waals surface area contributed by atoms with E-state index in [9.17, 15) is 25.0 Å². The fourth-order valence-electron chi connectivity index (χ4n) is 2.30. The van der Waals surface area contributed by atoms with Gasteiger partial charge in [0.15, 0.2) is 11.5 Å². The van der Waals surface area contributed by atoms with E-state index in [0.717, 1.165) is 0 Å². The first-order valence-corrected chi connectivity index (χ1v) is 7.81. The van der Waals surface area contributed by atoms with E-state index in [4.69, 9.17) is 9.47 Å². The lowest BCUT2D eigenvalue weighted by molar-refractivity contribution is -0.385. The third-order valence-electron chi connectivity index (χ3n) is 3.64. The Labute approximate surface area is 158 Å². The fourth-order valence-corrected chi connectivity index (χ4v) is 2.30. The van der Waals surface area contributed by atoms with Crippen molar-refractivity contribution in [3.63, 3.8) is 0 Å². The predicted molar refractivity (Wildman–Crippen MR) is 98.7 cm³/mol. The molecule has 11 heteroatoms. The Kier molecular flexibility index (Phi) is 6.58. The minimum absolute atomic E-state index is 0.0676. The maximum atomic E-state index is 12.1. The van der Waals surface area contributed by atoms with Crippen LogP contribution in [0.15, 0.2) is 41.5 Å². The van der Waals surface area contributed by atoms with Crippen molar-refractivity contribution in [1.82, 2.24) is 5.43 Å². The molecule has 2 rings (SSSR count). The standard InChI is InChI=1S/C17H16N4O7/c1-27-15-7-12(14(21(25)26)9-16(15)28-2)8-17(22)19-18-10-11-3-5-13(6-4-11)20(23)24/h3-7,9-10H,8H2,1-2H3,(H,19,22)/b18-10-. The number of rotatable bonds is 8. The number of nitro benzene ring substituents is 2. The van der Waals surface area contributed by atoms with Crippen LogP contribution in [0.5, 0.6) is 11.5 Å². The molecule has 0 saturated carbocycles. The Morgan fingerprint density at radius 3 is 2.21 bits per heavy atom. The van der Waals surface area contributed by atoms with E-state index < -0.39 is 15.8 Å². The van der Waals surface area contributed by atoms with Gasteiger partial charge in [0.1, 0.15) is 0 Å². The molecule has 0 radical (unpaired) electrons. The first-order valence-electron chi connectivity index (χ1n) is 7.81. The summed E-state index contributed by atoms with van der Waals surface area (Å²) in [5, 5.41) is 25.6. The molecule has 0 aromatic heterocycles. The molecule has 11 nitrogen and oxygen atoms in total. The number of amides is 1. The van der Waals surface area contributed by atoms with E-state index in [0.29, 0.717) is 5.56 Å². The van der Waals surface area contributed by atoms with E-state index in [1.165, 1.54) is 56.8 Å². The van der Waals surface area contributed by atoms with Crippen LogP contribution >= 0.6 is 0 Å². The molecule has 1 N–H and O–H groups in total. The zero-order chi connectivity index (χ0) is 20.7. The summed E-state index contributed by atoms with van der Waals surface area (Å²) in [7, 11) is 2.73. The van der Waals surface area contributed by atoms with Crippen LogP contribution in [0.1, 0.15) is 11.1 Å². The summed E-state index contributed by atoms with van der Waals surface area (Å²) in [5.74, 6) is -0.159. The third-order valence-corrected chi connectivity index (χ3v) is 3.64. The van der Waals surface area contributed by atoms with Gasteiger partial charge in [-0.05, 0) is 23.8 Å². The van der Waals surface area contributed by atoms with Gasteiger partial charge in [0, 0.05) is 17.7 Å². The fraction of sp³-hybridized carbons (Fsp3) is 0.176. The molecule has 0 aliphatic carbocycles. The third kappa shape index (κ3) is 5.00. The second-order valence-corrected chi connectivity index (χ2v) is 5.41. The lowest BCUT2D eigenvalue weighted by Crippen LogP contribution is -2.20. The molecule has 0 saturated heterocycles. The molecule has 2 aromatic rings. The molecule has 0 aliphatic rings. The zero-order valence-corrected chi connectivity index (χ0v) is 14.9. The molecule has 0 unspecified atom stereocenters. The van der Waals surface area contributed by atoms with Gasteiger partial charge in [-0.1, -0.05) is 0 Å². The van der Waals surface area contributed by atoms with Crippen molar-refractivity contribution < 1.29 is 24.1 Å². The molecule has 146 valence electrons. The van der Waals surface area contributed by atoms with Crippen LogP contribution in [0.4, 0.5) is 11.4 Å². The van der Waals surface area contributed by atoms with Gasteiger partial charge in [-0.2, -0.15) is 5.10 Å². The average molecular weight is 388 g/mol. The van der Waals surface area contributed by atoms with Crippen LogP contribution in [0, 0.1) is 20.2 Å². The number of nitrogens with one attached hydrogen (secondary N) is 1. The smallest absolute Gasteiger partial charge is 0.277 e. The number of methoxy groups -OCH3 is 2. The van der Waals surface area contributed by atoms with E-state index in [1.807, 2.05) is 0 Å². The normalized spacial score (nSPS) is 10.5. The molecule has 0 fully saturated rings. The molecular weight excluding hydrogens is 372 g/mol. The maximum absolute atomic E-state index is 12.1. The molecule has 28 heavy (non-hydrogen) atoms. The van der Waals surface area contributed by atoms with Crippen LogP contribution in [0.3, 0.4) is 0 Å². The number of hydrazone groups is 1. The summed E-state index contributed by atoms with van der Waals surface area (Å²) in [5.41, 5.74) is 2.56. The molecule has 1 amide bonds. The van der Waals surface area contributed by atoms with Gasteiger partial charge in [-0.25, -0.2) is 5.43 Å². The van der Waals surface area contributed by atoms with Gasteiger partial charge in [-0.15, -0.1) is 0 Å². The van der Waals surface area contributed by atoms with Crippen LogP contribution in [0.25, 0.3) is 0 Å². The van der Waals surface area contributed by atoms with Crippen LogP contribution < -0.4 is 14.9 Å². The summed E-state index contributed by atoms with van der Waals surface area (Å²) < 4.78 is 10.1. The van der Waals surface area contributed by atoms with Crippen molar-refractivity contribution in [2.45, 2.75) is 6.42 Å². The Hall–Kier alpha value is -4.02. The second kappa shape index (κ2) is 9.07. The van der Waals surface area contributed by atoms with Crippen LogP contribution in [-0.2, 0) is 11.2 Å². The van der Waals surface area contributed by atoms with E-state index in [2.05, 4.69) is 10.5 Å². The number of carbonyl (C=O) groups excluding carboxylic acids is 1. The van der Waals surface area contributed by atoms with Gasteiger partial charge in [0.2, 0.25) is 5.91 Å². The van der Waals surface area contributed by atoms with Gasteiger partial charge in [0.25, 0.3) is 11.4 Å². The number of ether oxygens (including phenoxy) is 2. The highest BCUT2D eigenvalue weighted by atomic mass is 16.6. The highest BCUT2D eigenvalue weighted by Crippen LogP contribution is 2.34. The highest BCUT2D eigenvalue weighted by molar-refractivity contribution is 5.84. The predicted octanol–water partition coefficient (Wildman–Crippen LogP) is 2.21. The van der Waals surface area contributed by atoms with Crippen molar-refractivity contribution in [1.29, 1.82) is 0 Å². The summed E-state index contributed by atoms with van der Waals surface area (Å²) in [6.07, 6.45) is 0.985. The highest BCUT2D eigenvalue weighted by Gasteiger charge is 2.21. The van der Waals surface area contributed by atoms with Crippen LogP contribution in [-0.4, -0.2) is 36.2 Å². The van der Waals surface area contributed by atoms with Gasteiger partial charge in [-0.3, -0.25) is 25.0 Å². The maximum Gasteiger partial charge on any atom is 0.277 e. The first-order chi connectivity index (χ1) is 13.3. The molecule has 0 aliphatic heterocycles. The number of benzene rings is 2. The monoisotopic (exact) mass is 388 g/mol. The van der Waals surface area contributed by atoms with Crippen molar-refractivity contribution in [2.75, 3.05) is 14.2 Å². The lowest BCUT2D eigenvalue weighted by Gasteiger charge is -2.10. The van der Waals surface area contributed by atoms with Crippen molar-refractivity contribution >= 4 is 23.5 Å². The summed E-state index contributed by atoms with van der Waals surface area (Å²) in [6, 6.07) is 8.07. The summed E-state index contributed by atoms with van der Waals surface area (Å²) in [6.45, 7) is 0. The van der Waals surface area contributed by atoms with Gasteiger partial charge >= 0.3 is 0 Å². The minimum atomic E-state index is -0.620. The number of carbonyl (C=O) groups is 1. The number of nitro groups is 2. The van der Waals surface area contributed by atoms with E-state index in [1.54, 1.807) is 0 Å². The van der Waals surface area contributed by atoms with Gasteiger partial charge < -0.3 is 9.47 Å². The number of hydrogen-bond donors (Lipinski definition) is 1. The molecule has 0 spiro atoms. The Morgan fingerprint density at radius 1 is 1.07 bits per heavy atom. The number of non-ortho nitro benzene ring substituents is 1. The number of nitrogens with zero attached hydrogens (tertiary/aromatic N) is 3. The SMILES string of the molecule is COc1cc(CC(=O)N/N=C\c2ccc([N+](=O)[O-])cc2)c([N+](=O)[O-])cc1OC. The summed E-state index contributed by atoms with van der Waals surface area (Å²) >= 11 is 0. The van der Waals surface area contributed by atoms with Crippen molar-refractivity contribution in [3.8, 4) is 11.5 Å². The Balaban J connectivity index is 2.09. The topological polar surface area (TPSA) is 146 Å². The quantitative estimate of drug-likeness (QED) is 0.414. The molecule has 0 atom stereocenters. The minimum Gasteiger partial charge on any atom is -0.493 e. The van der Waals surface area contributed by atoms with Gasteiger partial charge in [0.05, 0.1) is 42.8 Å². The molecule has 0 bridgehead atoms. The Bertz CT molecular complexity index is 926. The molecular formula is C17H16N4O7. The average Bonchev–Trinajstić information content (AvgIpc) is 2.67. The molecule has 0 heterocycles. The lowest BCUT2D eigenvalue weighted by atomic mass is 10.1. The number of hydrogen-bond acceptors (Lipinski definition) is 8.